The Morgan fingerprint density at radius 3 is 2.86 bits per heavy atom. The quantitative estimate of drug-likeness (QED) is 0.735. The summed E-state index contributed by atoms with van der Waals surface area (Å²) in [5, 5.41) is 25.7. The molecule has 0 radical (unpaired) electrons. The van der Waals surface area contributed by atoms with E-state index < -0.39 is 31.0 Å². The van der Waals surface area contributed by atoms with E-state index in [2.05, 4.69) is 20.6 Å². The molecule has 0 spiro atoms. The first-order valence-corrected chi connectivity index (χ1v) is 8.76. The minimum atomic E-state index is -3.11. The van der Waals surface area contributed by atoms with Gasteiger partial charge in [-0.25, -0.2) is 23.5 Å². The molecular weight excluding hydrogens is 370 g/mol. The Balaban J connectivity index is 1.91. The van der Waals surface area contributed by atoms with Crippen molar-refractivity contribution in [3.8, 4) is 6.07 Å². The fraction of sp³-hybridized carbons (Fsp3) is 0.444. The van der Waals surface area contributed by atoms with Gasteiger partial charge in [-0.3, -0.25) is 0 Å². The second-order valence-electron chi connectivity index (χ2n) is 7.12. The third-order valence-electron chi connectivity index (χ3n) is 4.28. The molecule has 1 aliphatic rings. The molecule has 1 amide bonds. The standard InChI is InChI=1S/C18H20F2N6O2/c1-10(2)23-16-14-4-15(22-7-11(14)3-12(6-21)25-16)24-13-5-18(19,20)9-26(8-13)17(27)28/h3-4,7,10,13H,5,8-9H2,1-2H3,(H,22,24)(H,23,25)(H,27,28). The first-order chi connectivity index (χ1) is 13.2. The zero-order valence-electron chi connectivity index (χ0n) is 15.4. The van der Waals surface area contributed by atoms with Crippen LogP contribution in [0.1, 0.15) is 26.0 Å². The summed E-state index contributed by atoms with van der Waals surface area (Å²) < 4.78 is 27.8. The molecule has 0 aliphatic carbocycles. The normalized spacial score (nSPS) is 18.7. The molecule has 0 bridgehead atoms. The van der Waals surface area contributed by atoms with Crippen molar-refractivity contribution in [3.05, 3.63) is 24.0 Å². The van der Waals surface area contributed by atoms with Crippen LogP contribution in [0.4, 0.5) is 25.2 Å². The number of nitrogens with one attached hydrogen (secondary N) is 2. The summed E-state index contributed by atoms with van der Waals surface area (Å²) >= 11 is 0. The van der Waals surface area contributed by atoms with Crippen LogP contribution < -0.4 is 10.6 Å². The lowest BCUT2D eigenvalue weighted by atomic mass is 10.0. The molecule has 1 atom stereocenters. The largest absolute Gasteiger partial charge is 0.465 e. The van der Waals surface area contributed by atoms with E-state index in [-0.39, 0.29) is 18.3 Å². The van der Waals surface area contributed by atoms with Crippen LogP contribution in [0.3, 0.4) is 0 Å². The van der Waals surface area contributed by atoms with Crippen LogP contribution in [0, 0.1) is 11.3 Å². The van der Waals surface area contributed by atoms with Gasteiger partial charge in [0, 0.05) is 36.0 Å². The fourth-order valence-electron chi connectivity index (χ4n) is 3.22. The average Bonchev–Trinajstić information content (AvgIpc) is 2.60. The molecule has 1 saturated heterocycles. The number of rotatable bonds is 4. The van der Waals surface area contributed by atoms with Gasteiger partial charge in [0.1, 0.15) is 23.4 Å². The van der Waals surface area contributed by atoms with Crippen molar-refractivity contribution in [3.63, 3.8) is 0 Å². The topological polar surface area (TPSA) is 114 Å². The minimum Gasteiger partial charge on any atom is -0.465 e. The van der Waals surface area contributed by atoms with Crippen molar-refractivity contribution in [2.24, 2.45) is 0 Å². The van der Waals surface area contributed by atoms with Gasteiger partial charge in [0.2, 0.25) is 0 Å². The molecule has 3 heterocycles. The van der Waals surface area contributed by atoms with Crippen molar-refractivity contribution < 1.29 is 18.7 Å². The predicted octanol–water partition coefficient (Wildman–Crippen LogP) is 3.12. The van der Waals surface area contributed by atoms with E-state index in [9.17, 15) is 13.6 Å². The summed E-state index contributed by atoms with van der Waals surface area (Å²) in [5.74, 6) is -2.28. The van der Waals surface area contributed by atoms with E-state index in [0.29, 0.717) is 27.3 Å². The van der Waals surface area contributed by atoms with E-state index in [1.807, 2.05) is 19.9 Å². The highest BCUT2D eigenvalue weighted by Crippen LogP contribution is 2.30. The van der Waals surface area contributed by atoms with Crippen LogP contribution >= 0.6 is 0 Å². The maximum Gasteiger partial charge on any atom is 0.407 e. The van der Waals surface area contributed by atoms with Crippen LogP contribution in [0.5, 0.6) is 0 Å². The average molecular weight is 390 g/mol. The lowest BCUT2D eigenvalue weighted by Crippen LogP contribution is -2.53. The molecule has 10 heteroatoms. The Bertz CT molecular complexity index is 944. The molecule has 2 aromatic heterocycles. The first-order valence-electron chi connectivity index (χ1n) is 8.76. The van der Waals surface area contributed by atoms with Gasteiger partial charge < -0.3 is 20.6 Å². The monoisotopic (exact) mass is 390 g/mol. The molecule has 2 aromatic rings. The number of piperidine rings is 1. The van der Waals surface area contributed by atoms with Crippen LogP contribution in [0.2, 0.25) is 0 Å². The summed E-state index contributed by atoms with van der Waals surface area (Å²) in [4.78, 5) is 20.3. The van der Waals surface area contributed by atoms with E-state index in [1.165, 1.54) is 6.20 Å². The third kappa shape index (κ3) is 4.36. The van der Waals surface area contributed by atoms with E-state index >= 15 is 0 Å². The van der Waals surface area contributed by atoms with Crippen molar-refractivity contribution in [1.29, 1.82) is 5.26 Å². The number of nitrogens with zero attached hydrogens (tertiary/aromatic N) is 4. The molecule has 1 aliphatic heterocycles. The number of anilines is 2. The van der Waals surface area contributed by atoms with E-state index in [4.69, 9.17) is 10.4 Å². The molecule has 8 nitrogen and oxygen atoms in total. The number of hydrogen-bond donors (Lipinski definition) is 3. The number of pyridine rings is 2. The Morgan fingerprint density at radius 1 is 1.46 bits per heavy atom. The number of fused-ring (bicyclic) bond motifs is 1. The third-order valence-corrected chi connectivity index (χ3v) is 4.28. The number of nitriles is 1. The van der Waals surface area contributed by atoms with Gasteiger partial charge >= 0.3 is 6.09 Å². The number of alkyl halides is 2. The summed E-state index contributed by atoms with van der Waals surface area (Å²) in [7, 11) is 0. The molecule has 148 valence electrons. The number of amides is 1. The number of hydrogen-bond acceptors (Lipinski definition) is 6. The summed E-state index contributed by atoms with van der Waals surface area (Å²) in [5.41, 5.74) is 0.238. The molecule has 0 saturated carbocycles. The Labute approximate surface area is 160 Å². The molecule has 0 aromatic carbocycles. The van der Waals surface area contributed by atoms with E-state index in [1.54, 1.807) is 12.1 Å². The molecule has 3 rings (SSSR count). The highest BCUT2D eigenvalue weighted by atomic mass is 19.3. The van der Waals surface area contributed by atoms with Gasteiger partial charge in [0.15, 0.2) is 0 Å². The number of carboxylic acid groups (broad SMARTS) is 1. The zero-order valence-corrected chi connectivity index (χ0v) is 15.4. The molecule has 1 unspecified atom stereocenters. The fourth-order valence-corrected chi connectivity index (χ4v) is 3.22. The number of halogens is 2. The first kappa shape index (κ1) is 19.5. The van der Waals surface area contributed by atoms with Gasteiger partial charge in [-0.2, -0.15) is 5.26 Å². The van der Waals surface area contributed by atoms with Crippen molar-refractivity contribution in [2.75, 3.05) is 23.7 Å². The molecular formula is C18H20F2N6O2. The lowest BCUT2D eigenvalue weighted by Gasteiger charge is -2.36. The Hall–Kier alpha value is -3.22. The molecule has 3 N–H and O–H groups in total. The summed E-state index contributed by atoms with van der Waals surface area (Å²) in [6.07, 6.45) is -0.338. The van der Waals surface area contributed by atoms with Gasteiger partial charge in [-0.1, -0.05) is 0 Å². The lowest BCUT2D eigenvalue weighted by molar-refractivity contribution is -0.0613. The van der Waals surface area contributed by atoms with Gasteiger partial charge in [0.25, 0.3) is 5.92 Å². The second-order valence-corrected chi connectivity index (χ2v) is 7.12. The number of likely N-dealkylation sites (tertiary alicyclic amines) is 1. The maximum absolute atomic E-state index is 13.9. The second kappa shape index (κ2) is 7.42. The summed E-state index contributed by atoms with van der Waals surface area (Å²) in [6, 6.07) is 4.54. The Kier molecular flexibility index (Phi) is 5.18. The van der Waals surface area contributed by atoms with Crippen molar-refractivity contribution in [1.82, 2.24) is 14.9 Å². The van der Waals surface area contributed by atoms with Crippen LogP contribution in [-0.4, -0.2) is 57.2 Å². The molecule has 28 heavy (non-hydrogen) atoms. The van der Waals surface area contributed by atoms with Crippen LogP contribution in [0.15, 0.2) is 18.3 Å². The van der Waals surface area contributed by atoms with Crippen molar-refractivity contribution in [2.45, 2.75) is 38.3 Å². The van der Waals surface area contributed by atoms with E-state index in [0.717, 1.165) is 0 Å². The van der Waals surface area contributed by atoms with Crippen LogP contribution in [-0.2, 0) is 0 Å². The zero-order chi connectivity index (χ0) is 20.5. The highest BCUT2D eigenvalue weighted by Gasteiger charge is 2.42. The van der Waals surface area contributed by atoms with Gasteiger partial charge in [0.05, 0.1) is 12.6 Å². The highest BCUT2D eigenvalue weighted by molar-refractivity contribution is 5.93. The minimum absolute atomic E-state index is 0.0621. The number of aromatic nitrogens is 2. The van der Waals surface area contributed by atoms with Gasteiger partial charge in [-0.15, -0.1) is 0 Å². The maximum atomic E-state index is 13.9. The summed E-state index contributed by atoms with van der Waals surface area (Å²) in [6.45, 7) is 2.98. The predicted molar refractivity (Wildman–Crippen MR) is 99.6 cm³/mol. The smallest absolute Gasteiger partial charge is 0.407 e. The Morgan fingerprint density at radius 2 is 2.21 bits per heavy atom. The van der Waals surface area contributed by atoms with Crippen molar-refractivity contribution >= 4 is 28.5 Å². The molecule has 1 fully saturated rings. The number of carbonyl (C=O) groups is 1. The van der Waals surface area contributed by atoms with Crippen LogP contribution in [0.25, 0.3) is 10.8 Å². The SMILES string of the molecule is CC(C)Nc1nc(C#N)cc2cnc(NC3CN(C(=O)O)CC(F)(F)C3)cc12. The van der Waals surface area contributed by atoms with Gasteiger partial charge in [-0.05, 0) is 26.0 Å².